The number of aromatic nitrogens is 2. The fourth-order valence-electron chi connectivity index (χ4n) is 4.44. The van der Waals surface area contributed by atoms with Crippen LogP contribution in [-0.4, -0.2) is 22.0 Å². The number of H-pyrrole nitrogens is 1. The average molecular weight is 471 g/mol. The van der Waals surface area contributed by atoms with E-state index in [0.29, 0.717) is 27.4 Å². The van der Waals surface area contributed by atoms with Gasteiger partial charge in [0.25, 0.3) is 17.4 Å². The van der Waals surface area contributed by atoms with E-state index in [9.17, 15) is 14.4 Å². The van der Waals surface area contributed by atoms with Crippen molar-refractivity contribution in [2.75, 3.05) is 5.32 Å². The summed E-state index contributed by atoms with van der Waals surface area (Å²) >= 11 is 1.36. The molecular formula is C26H22N4O3S. The molecule has 1 aliphatic carbocycles. The Bertz CT molecular complexity index is 1440. The quantitative estimate of drug-likeness (QED) is 0.401. The summed E-state index contributed by atoms with van der Waals surface area (Å²) in [6, 6.07) is 18.6. The molecule has 0 saturated carbocycles. The van der Waals surface area contributed by atoms with Crippen molar-refractivity contribution in [3.05, 3.63) is 92.6 Å². The number of fused-ring (bicyclic) bond motifs is 1. The van der Waals surface area contributed by atoms with E-state index in [-0.39, 0.29) is 5.56 Å². The highest BCUT2D eigenvalue weighted by Crippen LogP contribution is 2.39. The molecule has 2 amide bonds. The van der Waals surface area contributed by atoms with Crippen molar-refractivity contribution in [2.24, 2.45) is 5.73 Å². The van der Waals surface area contributed by atoms with Crippen LogP contribution in [0.5, 0.6) is 0 Å². The van der Waals surface area contributed by atoms with Gasteiger partial charge in [-0.05, 0) is 36.8 Å². The summed E-state index contributed by atoms with van der Waals surface area (Å²) in [6.45, 7) is 0. The van der Waals surface area contributed by atoms with Crippen molar-refractivity contribution < 1.29 is 9.59 Å². The molecule has 5 rings (SSSR count). The lowest BCUT2D eigenvalue weighted by Gasteiger charge is -2.14. The zero-order chi connectivity index (χ0) is 23.7. The number of rotatable bonds is 5. The van der Waals surface area contributed by atoms with Gasteiger partial charge in [0.2, 0.25) is 0 Å². The van der Waals surface area contributed by atoms with Crippen molar-refractivity contribution in [2.45, 2.75) is 25.7 Å². The van der Waals surface area contributed by atoms with E-state index in [0.717, 1.165) is 41.7 Å². The predicted octanol–water partition coefficient (Wildman–Crippen LogP) is 4.40. The molecule has 0 radical (unpaired) electrons. The molecule has 1 aliphatic rings. The maximum Gasteiger partial charge on any atom is 0.277 e. The number of nitrogens with one attached hydrogen (secondary N) is 2. The van der Waals surface area contributed by atoms with Gasteiger partial charge in [-0.15, -0.1) is 11.3 Å². The number of nitrogens with zero attached hydrogens (tertiary/aromatic N) is 1. The summed E-state index contributed by atoms with van der Waals surface area (Å²) in [5.41, 5.74) is 8.62. The second-order valence-corrected chi connectivity index (χ2v) is 9.22. The van der Waals surface area contributed by atoms with Gasteiger partial charge in [0, 0.05) is 16.0 Å². The molecule has 8 heteroatoms. The molecule has 170 valence electrons. The molecule has 2 aromatic carbocycles. The summed E-state index contributed by atoms with van der Waals surface area (Å²) in [7, 11) is 0. The first-order chi connectivity index (χ1) is 16.5. The summed E-state index contributed by atoms with van der Waals surface area (Å²) in [5, 5.41) is 9.98. The first-order valence-electron chi connectivity index (χ1n) is 11.0. The highest BCUT2D eigenvalue weighted by molar-refractivity contribution is 7.17. The molecule has 0 aliphatic heterocycles. The van der Waals surface area contributed by atoms with Gasteiger partial charge in [-0.3, -0.25) is 14.4 Å². The number of benzene rings is 2. The largest absolute Gasteiger partial charge is 0.365 e. The number of anilines is 1. The maximum atomic E-state index is 13.6. The summed E-state index contributed by atoms with van der Waals surface area (Å²) in [5.74, 6) is -1.19. The SMILES string of the molecule is NC(=O)c1c(NC(=O)c2c(-c3ccccc3)c(-c3ccccc3)n[nH]c2=O)sc2c1CCCC2. The molecule has 0 atom stereocenters. The van der Waals surface area contributed by atoms with Gasteiger partial charge in [0.05, 0.1) is 11.3 Å². The first-order valence-corrected chi connectivity index (χ1v) is 11.9. The number of hydrogen-bond donors (Lipinski definition) is 3. The predicted molar refractivity (Wildman–Crippen MR) is 133 cm³/mol. The van der Waals surface area contributed by atoms with Crippen molar-refractivity contribution in [3.8, 4) is 22.4 Å². The molecule has 4 aromatic rings. The van der Waals surface area contributed by atoms with Gasteiger partial charge in [-0.2, -0.15) is 5.10 Å². The lowest BCUT2D eigenvalue weighted by atomic mass is 9.94. The molecule has 34 heavy (non-hydrogen) atoms. The van der Waals surface area contributed by atoms with E-state index in [4.69, 9.17) is 5.73 Å². The van der Waals surface area contributed by atoms with Crippen LogP contribution in [-0.2, 0) is 12.8 Å². The van der Waals surface area contributed by atoms with Crippen molar-refractivity contribution in [3.63, 3.8) is 0 Å². The van der Waals surface area contributed by atoms with Gasteiger partial charge in [0.1, 0.15) is 10.6 Å². The van der Waals surface area contributed by atoms with E-state index in [1.54, 1.807) is 0 Å². The zero-order valence-corrected chi connectivity index (χ0v) is 19.1. The van der Waals surface area contributed by atoms with Gasteiger partial charge in [0.15, 0.2) is 0 Å². The molecule has 4 N–H and O–H groups in total. The lowest BCUT2D eigenvalue weighted by molar-refractivity contribution is 0.100. The second kappa shape index (κ2) is 9.07. The molecule has 2 aromatic heterocycles. The molecular weight excluding hydrogens is 448 g/mol. The highest BCUT2D eigenvalue weighted by atomic mass is 32.1. The Hall–Kier alpha value is -4.04. The van der Waals surface area contributed by atoms with Crippen LogP contribution in [0.1, 0.15) is 44.0 Å². The zero-order valence-electron chi connectivity index (χ0n) is 18.3. The number of carbonyl (C=O) groups is 2. The number of aryl methyl sites for hydroxylation is 1. The smallest absolute Gasteiger partial charge is 0.277 e. The molecule has 0 fully saturated rings. The number of nitrogens with two attached hydrogens (primary N) is 1. The van der Waals surface area contributed by atoms with Crippen LogP contribution < -0.4 is 16.6 Å². The number of hydrogen-bond acceptors (Lipinski definition) is 5. The van der Waals surface area contributed by atoms with Crippen LogP contribution in [0, 0.1) is 0 Å². The van der Waals surface area contributed by atoms with Crippen LogP contribution in [0.2, 0.25) is 0 Å². The third-order valence-electron chi connectivity index (χ3n) is 5.96. The number of thiophene rings is 1. The normalized spacial score (nSPS) is 12.7. The van der Waals surface area contributed by atoms with E-state index in [2.05, 4.69) is 15.5 Å². The number of aromatic amines is 1. The molecule has 0 spiro atoms. The van der Waals surface area contributed by atoms with Crippen molar-refractivity contribution in [1.82, 2.24) is 10.2 Å². The standard InChI is InChI=1S/C26H22N4O3S/c27-23(31)20-17-13-7-8-14-18(17)34-26(20)28-24(32)21-19(15-9-3-1-4-10-15)22(29-30-25(21)33)16-11-5-2-6-12-16/h1-6,9-12H,7-8,13-14H2,(H2,27,31)(H,28,32)(H,30,33). The average Bonchev–Trinajstić information content (AvgIpc) is 3.22. The molecule has 0 saturated heterocycles. The molecule has 2 heterocycles. The summed E-state index contributed by atoms with van der Waals surface area (Å²) in [6.07, 6.45) is 3.60. The van der Waals surface area contributed by atoms with Crippen LogP contribution in [0.3, 0.4) is 0 Å². The van der Waals surface area contributed by atoms with Crippen LogP contribution in [0.25, 0.3) is 22.4 Å². The molecule has 0 unspecified atom stereocenters. The number of primary amides is 1. The highest BCUT2D eigenvalue weighted by Gasteiger charge is 2.28. The molecule has 0 bridgehead atoms. The minimum atomic E-state index is -0.613. The van der Waals surface area contributed by atoms with Gasteiger partial charge in [-0.25, -0.2) is 5.10 Å². The Morgan fingerprint density at radius 3 is 2.24 bits per heavy atom. The first kappa shape index (κ1) is 21.8. The van der Waals surface area contributed by atoms with E-state index >= 15 is 0 Å². The van der Waals surface area contributed by atoms with Gasteiger partial charge < -0.3 is 11.1 Å². The minimum Gasteiger partial charge on any atom is -0.365 e. The lowest BCUT2D eigenvalue weighted by Crippen LogP contribution is -2.27. The Kier molecular flexibility index (Phi) is 5.81. The van der Waals surface area contributed by atoms with Gasteiger partial charge >= 0.3 is 0 Å². The fourth-order valence-corrected chi connectivity index (χ4v) is 5.73. The second-order valence-electron chi connectivity index (χ2n) is 8.12. The Morgan fingerprint density at radius 1 is 0.912 bits per heavy atom. The topological polar surface area (TPSA) is 118 Å². The van der Waals surface area contributed by atoms with Crippen LogP contribution in [0.15, 0.2) is 65.5 Å². The third-order valence-corrected chi connectivity index (χ3v) is 7.17. The van der Waals surface area contributed by atoms with Crippen molar-refractivity contribution in [1.29, 1.82) is 0 Å². The van der Waals surface area contributed by atoms with Crippen LogP contribution >= 0.6 is 11.3 Å². The monoisotopic (exact) mass is 470 g/mol. The Morgan fingerprint density at radius 2 is 1.56 bits per heavy atom. The molecule has 7 nitrogen and oxygen atoms in total. The van der Waals surface area contributed by atoms with Crippen LogP contribution in [0.4, 0.5) is 5.00 Å². The maximum absolute atomic E-state index is 13.6. The summed E-state index contributed by atoms with van der Waals surface area (Å²) < 4.78 is 0. The third kappa shape index (κ3) is 3.92. The Balaban J connectivity index is 1.66. The number of amides is 2. The fraction of sp³-hybridized carbons (Fsp3) is 0.154. The van der Waals surface area contributed by atoms with Crippen molar-refractivity contribution >= 4 is 28.2 Å². The van der Waals surface area contributed by atoms with E-state index in [1.807, 2.05) is 60.7 Å². The van der Waals surface area contributed by atoms with Gasteiger partial charge in [-0.1, -0.05) is 60.7 Å². The number of carbonyl (C=O) groups excluding carboxylic acids is 2. The van der Waals surface area contributed by atoms with E-state index < -0.39 is 17.4 Å². The van der Waals surface area contributed by atoms with E-state index in [1.165, 1.54) is 11.3 Å². The Labute approximate surface area is 199 Å². The summed E-state index contributed by atoms with van der Waals surface area (Å²) in [4.78, 5) is 39.9. The minimum absolute atomic E-state index is 0.0677.